The first kappa shape index (κ1) is 11.2. The highest BCUT2D eigenvalue weighted by Gasteiger charge is 2.54. The fourth-order valence-electron chi connectivity index (χ4n) is 3.85. The van der Waals surface area contributed by atoms with Gasteiger partial charge in [-0.05, 0) is 68.1 Å². The molecule has 0 saturated heterocycles. The minimum absolute atomic E-state index is 0.624. The minimum atomic E-state index is 0.624. The van der Waals surface area contributed by atoms with Crippen LogP contribution in [0.2, 0.25) is 0 Å². The van der Waals surface area contributed by atoms with E-state index in [0.29, 0.717) is 11.3 Å². The molecule has 104 valence electrons. The molecule has 1 aromatic carbocycles. The average Bonchev–Trinajstić information content (AvgIpc) is 3.29. The lowest BCUT2D eigenvalue weighted by molar-refractivity contribution is 0.369. The summed E-state index contributed by atoms with van der Waals surface area (Å²) in [6, 6.07) is 6.23. The largest absolute Gasteiger partial charge is 0.399 e. The zero-order chi connectivity index (χ0) is 13.3. The van der Waals surface area contributed by atoms with Crippen molar-refractivity contribution in [3.8, 4) is 0 Å². The van der Waals surface area contributed by atoms with Crippen molar-refractivity contribution in [3.05, 3.63) is 24.0 Å². The Hall–Kier alpha value is -1.51. The summed E-state index contributed by atoms with van der Waals surface area (Å²) in [4.78, 5) is 4.91. The number of hydrogen-bond donors (Lipinski definition) is 1. The quantitative estimate of drug-likeness (QED) is 0.859. The van der Waals surface area contributed by atoms with Gasteiger partial charge in [-0.2, -0.15) is 0 Å². The van der Waals surface area contributed by atoms with Crippen molar-refractivity contribution in [2.45, 2.75) is 51.0 Å². The van der Waals surface area contributed by atoms with E-state index < -0.39 is 0 Å². The molecule has 3 nitrogen and oxygen atoms in total. The fourth-order valence-corrected chi connectivity index (χ4v) is 3.85. The van der Waals surface area contributed by atoms with E-state index in [0.717, 1.165) is 17.1 Å². The molecule has 20 heavy (non-hydrogen) atoms. The normalized spacial score (nSPS) is 24.2. The van der Waals surface area contributed by atoms with Crippen LogP contribution in [-0.4, -0.2) is 9.55 Å². The first-order valence-corrected chi connectivity index (χ1v) is 8.01. The number of anilines is 1. The highest BCUT2D eigenvalue weighted by Crippen LogP contribution is 2.62. The van der Waals surface area contributed by atoms with E-state index in [9.17, 15) is 0 Å². The summed E-state index contributed by atoms with van der Waals surface area (Å²) in [5.74, 6) is 3.04. The van der Waals surface area contributed by atoms with E-state index in [-0.39, 0.29) is 0 Å². The highest BCUT2D eigenvalue weighted by molar-refractivity contribution is 5.80. The van der Waals surface area contributed by atoms with Crippen LogP contribution in [-0.2, 0) is 6.54 Å². The predicted molar refractivity (Wildman–Crippen MR) is 80.5 cm³/mol. The SMILES string of the molecule is Nc1ccc2c(c1)nc(C1CC1)n2CC1(C2CC2)CC1. The topological polar surface area (TPSA) is 43.8 Å². The predicted octanol–water partition coefficient (Wildman–Crippen LogP) is 3.69. The second-order valence-electron chi connectivity index (χ2n) is 7.22. The van der Waals surface area contributed by atoms with E-state index in [1.165, 1.54) is 56.4 Å². The number of nitrogens with zero attached hydrogens (tertiary/aromatic N) is 2. The highest BCUT2D eigenvalue weighted by atomic mass is 15.1. The zero-order valence-corrected chi connectivity index (χ0v) is 11.8. The summed E-state index contributed by atoms with van der Waals surface area (Å²) in [5.41, 5.74) is 9.77. The van der Waals surface area contributed by atoms with Crippen molar-refractivity contribution in [2.24, 2.45) is 11.3 Å². The van der Waals surface area contributed by atoms with Crippen LogP contribution in [0.3, 0.4) is 0 Å². The van der Waals surface area contributed by atoms with Crippen molar-refractivity contribution in [1.82, 2.24) is 9.55 Å². The van der Waals surface area contributed by atoms with Crippen molar-refractivity contribution in [1.29, 1.82) is 0 Å². The Morgan fingerprint density at radius 2 is 2.00 bits per heavy atom. The Labute approximate surface area is 119 Å². The van der Waals surface area contributed by atoms with Gasteiger partial charge in [0.05, 0.1) is 11.0 Å². The summed E-state index contributed by atoms with van der Waals surface area (Å²) < 4.78 is 2.54. The van der Waals surface area contributed by atoms with E-state index in [1.54, 1.807) is 0 Å². The van der Waals surface area contributed by atoms with Crippen LogP contribution in [0.5, 0.6) is 0 Å². The Kier molecular flexibility index (Phi) is 2.00. The lowest BCUT2D eigenvalue weighted by atomic mass is 10.0. The van der Waals surface area contributed by atoms with E-state index >= 15 is 0 Å². The van der Waals surface area contributed by atoms with Gasteiger partial charge in [0.15, 0.2) is 0 Å². The number of fused-ring (bicyclic) bond motifs is 1. The lowest BCUT2D eigenvalue weighted by Gasteiger charge is -2.18. The van der Waals surface area contributed by atoms with Crippen molar-refractivity contribution in [2.75, 3.05) is 5.73 Å². The molecule has 1 aromatic heterocycles. The molecule has 2 aromatic rings. The molecule has 3 heteroatoms. The molecule has 0 atom stereocenters. The molecule has 0 amide bonds. The van der Waals surface area contributed by atoms with Gasteiger partial charge in [0.25, 0.3) is 0 Å². The van der Waals surface area contributed by atoms with E-state index in [4.69, 9.17) is 10.7 Å². The number of nitrogens with two attached hydrogens (primary N) is 1. The number of benzene rings is 1. The van der Waals surface area contributed by atoms with Gasteiger partial charge in [-0.1, -0.05) is 0 Å². The van der Waals surface area contributed by atoms with Crippen LogP contribution < -0.4 is 5.73 Å². The third-order valence-electron chi connectivity index (χ3n) is 5.55. The summed E-state index contributed by atoms with van der Waals surface area (Å²) in [6.45, 7) is 1.20. The van der Waals surface area contributed by atoms with E-state index in [2.05, 4.69) is 10.6 Å². The van der Waals surface area contributed by atoms with Crippen LogP contribution in [0.1, 0.15) is 50.3 Å². The number of nitrogen functional groups attached to an aromatic ring is 1. The van der Waals surface area contributed by atoms with Crippen molar-refractivity contribution in [3.63, 3.8) is 0 Å². The second-order valence-corrected chi connectivity index (χ2v) is 7.22. The molecule has 0 spiro atoms. The van der Waals surface area contributed by atoms with Gasteiger partial charge in [0, 0.05) is 18.2 Å². The lowest BCUT2D eigenvalue weighted by Crippen LogP contribution is -2.15. The summed E-state index contributed by atoms with van der Waals surface area (Å²) >= 11 is 0. The molecule has 1 heterocycles. The third-order valence-corrected chi connectivity index (χ3v) is 5.55. The number of rotatable bonds is 4. The minimum Gasteiger partial charge on any atom is -0.399 e. The Morgan fingerprint density at radius 3 is 2.65 bits per heavy atom. The Morgan fingerprint density at radius 1 is 1.20 bits per heavy atom. The van der Waals surface area contributed by atoms with Crippen LogP contribution in [0.15, 0.2) is 18.2 Å². The number of imidazole rings is 1. The first-order valence-electron chi connectivity index (χ1n) is 8.01. The molecule has 3 aliphatic carbocycles. The second kappa shape index (κ2) is 3.57. The van der Waals surface area contributed by atoms with Crippen LogP contribution in [0.25, 0.3) is 11.0 Å². The smallest absolute Gasteiger partial charge is 0.113 e. The molecule has 5 rings (SSSR count). The van der Waals surface area contributed by atoms with Gasteiger partial charge in [0.2, 0.25) is 0 Å². The molecular weight excluding hydrogens is 246 g/mol. The maximum Gasteiger partial charge on any atom is 0.113 e. The van der Waals surface area contributed by atoms with Gasteiger partial charge in [0.1, 0.15) is 5.82 Å². The van der Waals surface area contributed by atoms with Gasteiger partial charge in [-0.3, -0.25) is 0 Å². The molecule has 0 unspecified atom stereocenters. The van der Waals surface area contributed by atoms with Crippen LogP contribution >= 0.6 is 0 Å². The number of aromatic nitrogens is 2. The monoisotopic (exact) mass is 267 g/mol. The van der Waals surface area contributed by atoms with Crippen LogP contribution in [0.4, 0.5) is 5.69 Å². The maximum absolute atomic E-state index is 5.92. The molecule has 3 fully saturated rings. The maximum atomic E-state index is 5.92. The van der Waals surface area contributed by atoms with E-state index in [1.807, 2.05) is 12.1 Å². The first-order chi connectivity index (χ1) is 9.75. The van der Waals surface area contributed by atoms with Crippen molar-refractivity contribution < 1.29 is 0 Å². The van der Waals surface area contributed by atoms with Gasteiger partial charge in [-0.15, -0.1) is 0 Å². The Balaban J connectivity index is 1.62. The summed E-state index contributed by atoms with van der Waals surface area (Å²) in [5, 5.41) is 0. The third kappa shape index (κ3) is 1.62. The molecule has 0 radical (unpaired) electrons. The van der Waals surface area contributed by atoms with Crippen molar-refractivity contribution >= 4 is 16.7 Å². The molecule has 3 aliphatic rings. The zero-order valence-electron chi connectivity index (χ0n) is 11.8. The summed E-state index contributed by atoms with van der Waals surface area (Å²) in [6.07, 6.45) is 8.40. The summed E-state index contributed by atoms with van der Waals surface area (Å²) in [7, 11) is 0. The molecule has 0 bridgehead atoms. The number of hydrogen-bond acceptors (Lipinski definition) is 2. The average molecular weight is 267 g/mol. The van der Waals surface area contributed by atoms with Crippen LogP contribution in [0, 0.1) is 11.3 Å². The van der Waals surface area contributed by atoms with Gasteiger partial charge < -0.3 is 10.3 Å². The van der Waals surface area contributed by atoms with Gasteiger partial charge >= 0.3 is 0 Å². The molecule has 0 aliphatic heterocycles. The Bertz CT molecular complexity index is 688. The van der Waals surface area contributed by atoms with Gasteiger partial charge in [-0.25, -0.2) is 4.98 Å². The molecular formula is C17H21N3. The fraction of sp³-hybridized carbons (Fsp3) is 0.588. The standard InChI is InChI=1S/C17H21N3/c18-13-5-6-15-14(9-13)19-16(11-1-2-11)20(15)10-17(7-8-17)12-3-4-12/h5-6,9,11-12H,1-4,7-8,10,18H2. The molecule has 2 N–H and O–H groups in total. The molecule has 3 saturated carbocycles.